The van der Waals surface area contributed by atoms with E-state index < -0.39 is 11.6 Å². The van der Waals surface area contributed by atoms with Crippen molar-refractivity contribution in [2.24, 2.45) is 0 Å². The van der Waals surface area contributed by atoms with Crippen LogP contribution in [0.5, 0.6) is 0 Å². The summed E-state index contributed by atoms with van der Waals surface area (Å²) in [7, 11) is 0. The van der Waals surface area contributed by atoms with Gasteiger partial charge in [0.1, 0.15) is 11.6 Å². The highest BCUT2D eigenvalue weighted by Gasteiger charge is 2.17. The van der Waals surface area contributed by atoms with Crippen LogP contribution in [0, 0.1) is 11.6 Å². The molecule has 0 aliphatic heterocycles. The molecule has 2 rings (SSSR count). The molecule has 5 heteroatoms. The zero-order valence-electron chi connectivity index (χ0n) is 10.6. The van der Waals surface area contributed by atoms with Crippen molar-refractivity contribution in [3.05, 3.63) is 59.4 Å². The summed E-state index contributed by atoms with van der Waals surface area (Å²) in [6, 6.07) is 5.02. The van der Waals surface area contributed by atoms with Gasteiger partial charge in [-0.15, -0.1) is 0 Å². The highest BCUT2D eigenvalue weighted by Crippen LogP contribution is 2.24. The van der Waals surface area contributed by atoms with Gasteiger partial charge in [-0.3, -0.25) is 0 Å². The summed E-state index contributed by atoms with van der Waals surface area (Å²) in [6.07, 6.45) is 4.05. The highest BCUT2D eigenvalue weighted by molar-refractivity contribution is 5.31. The van der Waals surface area contributed by atoms with E-state index >= 15 is 0 Å². The minimum absolute atomic E-state index is 0.351. The zero-order chi connectivity index (χ0) is 13.7. The Bertz CT molecular complexity index is 531. The third kappa shape index (κ3) is 3.32. The summed E-state index contributed by atoms with van der Waals surface area (Å²) in [5.74, 6) is -1.14. The number of benzene rings is 1. The molecule has 0 aliphatic carbocycles. The van der Waals surface area contributed by atoms with E-state index in [1.165, 1.54) is 12.1 Å². The highest BCUT2D eigenvalue weighted by atomic mass is 19.1. The molecule has 1 aromatic carbocycles. The van der Waals surface area contributed by atoms with Crippen molar-refractivity contribution in [1.29, 1.82) is 0 Å². The normalized spacial score (nSPS) is 12.4. The Morgan fingerprint density at radius 1 is 1.21 bits per heavy atom. The molecule has 0 fully saturated rings. The molecule has 1 heterocycles. The first-order valence-electron chi connectivity index (χ1n) is 6.17. The Morgan fingerprint density at radius 2 is 2.05 bits per heavy atom. The first-order valence-corrected chi connectivity index (χ1v) is 6.17. The van der Waals surface area contributed by atoms with Crippen molar-refractivity contribution in [1.82, 2.24) is 15.5 Å². The molecule has 0 saturated heterocycles. The van der Waals surface area contributed by atoms with E-state index in [2.05, 4.69) is 15.5 Å². The standard InChI is InChI=1S/C14H15F2N3/c1-2-6-17-14(10-5-7-18-19-9-10)12-4-3-11(15)8-13(12)16/h3-5,7-9,14,17H,2,6H2,1H3. The minimum atomic E-state index is -0.580. The van der Waals surface area contributed by atoms with Gasteiger partial charge in [0.2, 0.25) is 0 Å². The molecule has 0 spiro atoms. The molecule has 0 amide bonds. The summed E-state index contributed by atoms with van der Waals surface area (Å²) in [4.78, 5) is 0. The summed E-state index contributed by atoms with van der Waals surface area (Å²) < 4.78 is 26.9. The fourth-order valence-corrected chi connectivity index (χ4v) is 1.90. The molecule has 0 saturated carbocycles. The molecular weight excluding hydrogens is 248 g/mol. The Hall–Kier alpha value is -1.88. The Morgan fingerprint density at radius 3 is 2.68 bits per heavy atom. The van der Waals surface area contributed by atoms with Crippen LogP contribution in [-0.4, -0.2) is 16.7 Å². The van der Waals surface area contributed by atoms with E-state index in [0.717, 1.165) is 24.6 Å². The van der Waals surface area contributed by atoms with E-state index in [-0.39, 0.29) is 6.04 Å². The van der Waals surface area contributed by atoms with Crippen LogP contribution in [0.1, 0.15) is 30.5 Å². The van der Waals surface area contributed by atoms with Gasteiger partial charge in [-0.2, -0.15) is 10.2 Å². The molecule has 0 radical (unpaired) electrons. The smallest absolute Gasteiger partial charge is 0.131 e. The van der Waals surface area contributed by atoms with E-state index in [1.54, 1.807) is 18.5 Å². The van der Waals surface area contributed by atoms with Crippen LogP contribution in [0.3, 0.4) is 0 Å². The fraction of sp³-hybridized carbons (Fsp3) is 0.286. The Balaban J connectivity index is 2.37. The van der Waals surface area contributed by atoms with Crippen LogP contribution in [0.25, 0.3) is 0 Å². The van der Waals surface area contributed by atoms with Gasteiger partial charge in [0.05, 0.1) is 12.2 Å². The van der Waals surface area contributed by atoms with Crippen molar-refractivity contribution in [2.75, 3.05) is 6.54 Å². The van der Waals surface area contributed by atoms with Gasteiger partial charge < -0.3 is 5.32 Å². The lowest BCUT2D eigenvalue weighted by molar-refractivity contribution is 0.531. The van der Waals surface area contributed by atoms with Gasteiger partial charge in [-0.05, 0) is 30.7 Å². The predicted octanol–water partition coefficient (Wildman–Crippen LogP) is 2.84. The van der Waals surface area contributed by atoms with Gasteiger partial charge in [0.25, 0.3) is 0 Å². The topological polar surface area (TPSA) is 37.8 Å². The van der Waals surface area contributed by atoms with Gasteiger partial charge >= 0.3 is 0 Å². The fourth-order valence-electron chi connectivity index (χ4n) is 1.90. The lowest BCUT2D eigenvalue weighted by Gasteiger charge is -2.19. The van der Waals surface area contributed by atoms with Crippen LogP contribution < -0.4 is 5.32 Å². The van der Waals surface area contributed by atoms with E-state index in [0.29, 0.717) is 5.56 Å². The van der Waals surface area contributed by atoms with Crippen LogP contribution >= 0.6 is 0 Å². The molecule has 1 aromatic heterocycles. The molecule has 1 atom stereocenters. The van der Waals surface area contributed by atoms with Gasteiger partial charge in [-0.1, -0.05) is 13.0 Å². The molecule has 1 unspecified atom stereocenters. The Labute approximate surface area is 110 Å². The van der Waals surface area contributed by atoms with Crippen molar-refractivity contribution in [3.63, 3.8) is 0 Å². The lowest BCUT2D eigenvalue weighted by Crippen LogP contribution is -2.24. The maximum atomic E-state index is 13.9. The number of hydrogen-bond acceptors (Lipinski definition) is 3. The quantitative estimate of drug-likeness (QED) is 0.901. The number of nitrogens with zero attached hydrogens (tertiary/aromatic N) is 2. The molecule has 19 heavy (non-hydrogen) atoms. The summed E-state index contributed by atoms with van der Waals surface area (Å²) in [5, 5.41) is 10.7. The predicted molar refractivity (Wildman–Crippen MR) is 68.5 cm³/mol. The van der Waals surface area contributed by atoms with Crippen molar-refractivity contribution in [3.8, 4) is 0 Å². The van der Waals surface area contributed by atoms with Crippen LogP contribution in [-0.2, 0) is 0 Å². The average Bonchev–Trinajstić information content (AvgIpc) is 2.42. The molecule has 100 valence electrons. The van der Waals surface area contributed by atoms with E-state index in [1.807, 2.05) is 6.92 Å². The molecule has 3 nitrogen and oxygen atoms in total. The second-order valence-corrected chi connectivity index (χ2v) is 4.23. The minimum Gasteiger partial charge on any atom is -0.306 e. The summed E-state index contributed by atoms with van der Waals surface area (Å²) in [6.45, 7) is 2.75. The number of hydrogen-bond donors (Lipinski definition) is 1. The zero-order valence-corrected chi connectivity index (χ0v) is 10.6. The first-order chi connectivity index (χ1) is 9.22. The number of nitrogens with one attached hydrogen (secondary N) is 1. The SMILES string of the molecule is CCCNC(c1ccnnc1)c1ccc(F)cc1F. The maximum absolute atomic E-state index is 13.9. The summed E-state index contributed by atoms with van der Waals surface area (Å²) >= 11 is 0. The third-order valence-corrected chi connectivity index (χ3v) is 2.81. The Kier molecular flexibility index (Phi) is 4.52. The van der Waals surface area contributed by atoms with Crippen molar-refractivity contribution < 1.29 is 8.78 Å². The number of halogens is 2. The molecular formula is C14H15F2N3. The second kappa shape index (κ2) is 6.33. The third-order valence-electron chi connectivity index (χ3n) is 2.81. The molecule has 0 bridgehead atoms. The molecule has 2 aromatic rings. The molecule has 0 aliphatic rings. The number of aromatic nitrogens is 2. The van der Waals surface area contributed by atoms with E-state index in [9.17, 15) is 8.78 Å². The largest absolute Gasteiger partial charge is 0.306 e. The maximum Gasteiger partial charge on any atom is 0.131 e. The van der Waals surface area contributed by atoms with Gasteiger partial charge in [0, 0.05) is 17.8 Å². The van der Waals surface area contributed by atoms with Crippen LogP contribution in [0.2, 0.25) is 0 Å². The number of rotatable bonds is 5. The monoisotopic (exact) mass is 263 g/mol. The van der Waals surface area contributed by atoms with E-state index in [4.69, 9.17) is 0 Å². The first kappa shape index (κ1) is 13.5. The van der Waals surface area contributed by atoms with Gasteiger partial charge in [-0.25, -0.2) is 8.78 Å². The summed E-state index contributed by atoms with van der Waals surface area (Å²) in [5.41, 5.74) is 1.21. The van der Waals surface area contributed by atoms with Crippen LogP contribution in [0.4, 0.5) is 8.78 Å². The van der Waals surface area contributed by atoms with Crippen molar-refractivity contribution in [2.45, 2.75) is 19.4 Å². The van der Waals surface area contributed by atoms with Crippen molar-refractivity contribution >= 4 is 0 Å². The average molecular weight is 263 g/mol. The van der Waals surface area contributed by atoms with Crippen LogP contribution in [0.15, 0.2) is 36.7 Å². The molecule has 1 N–H and O–H groups in total. The lowest BCUT2D eigenvalue weighted by atomic mass is 10.00. The second-order valence-electron chi connectivity index (χ2n) is 4.23. The van der Waals surface area contributed by atoms with Gasteiger partial charge in [0.15, 0.2) is 0 Å².